The SMILES string of the molecule is COC(=O)C1CCC(O)(CNC(=O)C2CCOCC2)CC1. The number of aliphatic hydroxyl groups is 1. The van der Waals surface area contributed by atoms with E-state index in [-0.39, 0.29) is 30.3 Å². The molecule has 21 heavy (non-hydrogen) atoms. The number of nitrogens with one attached hydrogen (secondary N) is 1. The number of carbonyl (C=O) groups is 2. The van der Waals surface area contributed by atoms with Gasteiger partial charge in [-0.1, -0.05) is 0 Å². The zero-order valence-electron chi connectivity index (χ0n) is 12.6. The van der Waals surface area contributed by atoms with Crippen molar-refractivity contribution in [3.05, 3.63) is 0 Å². The second-order valence-electron chi connectivity index (χ2n) is 6.13. The molecule has 0 bridgehead atoms. The van der Waals surface area contributed by atoms with Crippen molar-refractivity contribution in [2.75, 3.05) is 26.9 Å². The van der Waals surface area contributed by atoms with Crippen LogP contribution in [0, 0.1) is 11.8 Å². The second kappa shape index (κ2) is 7.22. The van der Waals surface area contributed by atoms with Gasteiger partial charge in [0.25, 0.3) is 0 Å². The van der Waals surface area contributed by atoms with Crippen molar-refractivity contribution in [3.63, 3.8) is 0 Å². The third-order valence-electron chi connectivity index (χ3n) is 4.63. The Labute approximate surface area is 125 Å². The molecular formula is C15H25NO5. The Kier molecular flexibility index (Phi) is 5.58. The maximum Gasteiger partial charge on any atom is 0.308 e. The predicted molar refractivity (Wildman–Crippen MR) is 75.5 cm³/mol. The van der Waals surface area contributed by atoms with Crippen molar-refractivity contribution in [1.82, 2.24) is 5.32 Å². The fourth-order valence-electron chi connectivity index (χ4n) is 3.09. The van der Waals surface area contributed by atoms with Crippen molar-refractivity contribution in [2.45, 2.75) is 44.1 Å². The van der Waals surface area contributed by atoms with Gasteiger partial charge in [0.15, 0.2) is 0 Å². The Morgan fingerprint density at radius 2 is 1.81 bits per heavy atom. The summed E-state index contributed by atoms with van der Waals surface area (Å²) in [5.74, 6) is -0.333. The van der Waals surface area contributed by atoms with Crippen molar-refractivity contribution >= 4 is 11.9 Å². The fraction of sp³-hybridized carbons (Fsp3) is 0.867. The lowest BCUT2D eigenvalue weighted by Crippen LogP contribution is -2.47. The van der Waals surface area contributed by atoms with Crippen molar-refractivity contribution < 1.29 is 24.2 Å². The highest BCUT2D eigenvalue weighted by atomic mass is 16.5. The normalized spacial score (nSPS) is 30.7. The summed E-state index contributed by atoms with van der Waals surface area (Å²) in [6.45, 7) is 1.52. The zero-order valence-corrected chi connectivity index (χ0v) is 12.6. The van der Waals surface area contributed by atoms with Gasteiger partial charge in [-0.15, -0.1) is 0 Å². The van der Waals surface area contributed by atoms with Crippen molar-refractivity contribution in [3.8, 4) is 0 Å². The predicted octanol–water partition coefficient (Wildman–Crippen LogP) is 0.623. The molecule has 0 unspecified atom stereocenters. The van der Waals surface area contributed by atoms with Crippen LogP contribution >= 0.6 is 0 Å². The van der Waals surface area contributed by atoms with Gasteiger partial charge < -0.3 is 19.9 Å². The molecule has 1 amide bonds. The average Bonchev–Trinajstić information content (AvgIpc) is 2.53. The molecule has 1 aliphatic heterocycles. The largest absolute Gasteiger partial charge is 0.469 e. The number of hydrogen-bond acceptors (Lipinski definition) is 5. The molecule has 120 valence electrons. The van der Waals surface area contributed by atoms with Gasteiger partial charge in [0.05, 0.1) is 18.6 Å². The van der Waals surface area contributed by atoms with Crippen LogP contribution in [0.1, 0.15) is 38.5 Å². The van der Waals surface area contributed by atoms with Crippen LogP contribution < -0.4 is 5.32 Å². The topological polar surface area (TPSA) is 84.9 Å². The molecule has 2 fully saturated rings. The summed E-state index contributed by atoms with van der Waals surface area (Å²) in [7, 11) is 1.39. The van der Waals surface area contributed by atoms with E-state index in [1.54, 1.807) is 0 Å². The summed E-state index contributed by atoms with van der Waals surface area (Å²) in [5, 5.41) is 13.4. The average molecular weight is 299 g/mol. The number of esters is 1. The molecule has 0 spiro atoms. The minimum Gasteiger partial charge on any atom is -0.469 e. The standard InChI is InChI=1S/C15H25NO5/c1-20-14(18)12-2-6-15(19,7-3-12)10-16-13(17)11-4-8-21-9-5-11/h11-12,19H,2-10H2,1H3,(H,16,17). The first-order valence-electron chi connectivity index (χ1n) is 7.70. The monoisotopic (exact) mass is 299 g/mol. The molecule has 6 heteroatoms. The Bertz CT molecular complexity index is 370. The number of carbonyl (C=O) groups excluding carboxylic acids is 2. The summed E-state index contributed by atoms with van der Waals surface area (Å²) in [4.78, 5) is 23.5. The molecule has 0 aromatic heterocycles. The van der Waals surface area contributed by atoms with Gasteiger partial charge in [0.1, 0.15) is 0 Å². The highest BCUT2D eigenvalue weighted by molar-refractivity contribution is 5.78. The van der Waals surface area contributed by atoms with E-state index in [1.165, 1.54) is 7.11 Å². The molecule has 1 aliphatic carbocycles. The molecule has 0 aromatic rings. The van der Waals surface area contributed by atoms with E-state index in [0.29, 0.717) is 38.9 Å². The van der Waals surface area contributed by atoms with E-state index in [0.717, 1.165) is 12.8 Å². The van der Waals surface area contributed by atoms with Gasteiger partial charge in [0, 0.05) is 25.7 Å². The van der Waals surface area contributed by atoms with Crippen LogP contribution in [-0.2, 0) is 19.1 Å². The van der Waals surface area contributed by atoms with Gasteiger partial charge in [-0.05, 0) is 38.5 Å². The van der Waals surface area contributed by atoms with E-state index in [9.17, 15) is 14.7 Å². The summed E-state index contributed by atoms with van der Waals surface area (Å²) in [6.07, 6.45) is 3.73. The van der Waals surface area contributed by atoms with Crippen molar-refractivity contribution in [2.24, 2.45) is 11.8 Å². The smallest absolute Gasteiger partial charge is 0.308 e. The van der Waals surface area contributed by atoms with Crippen LogP contribution in [0.25, 0.3) is 0 Å². The van der Waals surface area contributed by atoms with E-state index in [2.05, 4.69) is 5.32 Å². The van der Waals surface area contributed by atoms with Gasteiger partial charge in [-0.3, -0.25) is 9.59 Å². The van der Waals surface area contributed by atoms with E-state index >= 15 is 0 Å². The van der Waals surface area contributed by atoms with Crippen LogP contribution in [-0.4, -0.2) is 49.5 Å². The second-order valence-corrected chi connectivity index (χ2v) is 6.13. The molecule has 1 saturated carbocycles. The molecule has 1 saturated heterocycles. The Balaban J connectivity index is 1.75. The molecular weight excluding hydrogens is 274 g/mol. The van der Waals surface area contributed by atoms with E-state index < -0.39 is 5.60 Å². The molecule has 2 aliphatic rings. The Morgan fingerprint density at radius 3 is 2.38 bits per heavy atom. The van der Waals surface area contributed by atoms with Gasteiger partial charge in [0.2, 0.25) is 5.91 Å². The summed E-state index contributed by atoms with van der Waals surface area (Å²) in [6, 6.07) is 0. The highest BCUT2D eigenvalue weighted by Crippen LogP contribution is 2.32. The lowest BCUT2D eigenvalue weighted by atomic mass is 9.78. The lowest BCUT2D eigenvalue weighted by Gasteiger charge is -2.35. The maximum absolute atomic E-state index is 12.0. The van der Waals surface area contributed by atoms with Gasteiger partial charge in [-0.25, -0.2) is 0 Å². The first kappa shape index (κ1) is 16.2. The Hall–Kier alpha value is -1.14. The quantitative estimate of drug-likeness (QED) is 0.744. The van der Waals surface area contributed by atoms with Crippen LogP contribution in [0.3, 0.4) is 0 Å². The first-order valence-corrected chi connectivity index (χ1v) is 7.70. The summed E-state index contributed by atoms with van der Waals surface area (Å²) in [5.41, 5.74) is -0.897. The number of amides is 1. The number of ether oxygens (including phenoxy) is 2. The van der Waals surface area contributed by atoms with E-state index in [4.69, 9.17) is 9.47 Å². The molecule has 1 heterocycles. The number of rotatable bonds is 4. The summed E-state index contributed by atoms with van der Waals surface area (Å²) < 4.78 is 9.97. The zero-order chi connectivity index (χ0) is 15.3. The lowest BCUT2D eigenvalue weighted by molar-refractivity contribution is -0.148. The van der Waals surface area contributed by atoms with Crippen molar-refractivity contribution in [1.29, 1.82) is 0 Å². The fourth-order valence-corrected chi connectivity index (χ4v) is 3.09. The maximum atomic E-state index is 12.0. The molecule has 2 N–H and O–H groups in total. The summed E-state index contributed by atoms with van der Waals surface area (Å²) >= 11 is 0. The number of hydrogen-bond donors (Lipinski definition) is 2. The number of methoxy groups -OCH3 is 1. The minimum atomic E-state index is -0.897. The third kappa shape index (κ3) is 4.41. The third-order valence-corrected chi connectivity index (χ3v) is 4.63. The molecule has 0 radical (unpaired) electrons. The van der Waals surface area contributed by atoms with Crippen LogP contribution in [0.4, 0.5) is 0 Å². The van der Waals surface area contributed by atoms with Gasteiger partial charge in [-0.2, -0.15) is 0 Å². The van der Waals surface area contributed by atoms with Crippen LogP contribution in [0.2, 0.25) is 0 Å². The first-order chi connectivity index (χ1) is 10.0. The molecule has 2 rings (SSSR count). The molecule has 0 atom stereocenters. The molecule has 0 aromatic carbocycles. The highest BCUT2D eigenvalue weighted by Gasteiger charge is 2.36. The molecule has 6 nitrogen and oxygen atoms in total. The Morgan fingerprint density at radius 1 is 1.19 bits per heavy atom. The minimum absolute atomic E-state index is 0.00168. The van der Waals surface area contributed by atoms with Crippen LogP contribution in [0.5, 0.6) is 0 Å². The van der Waals surface area contributed by atoms with E-state index in [1.807, 2.05) is 0 Å². The van der Waals surface area contributed by atoms with Gasteiger partial charge >= 0.3 is 5.97 Å². The van der Waals surface area contributed by atoms with Crippen LogP contribution in [0.15, 0.2) is 0 Å².